The molecular formula is C65H112O50. The van der Waals surface area contributed by atoms with Crippen LogP contribution in [0.3, 0.4) is 0 Å². The van der Waals surface area contributed by atoms with Gasteiger partial charge in [0, 0.05) is 28.4 Å². The predicted molar refractivity (Wildman–Crippen MR) is 352 cm³/mol. The molecule has 50 atom stereocenters. The van der Waals surface area contributed by atoms with Gasteiger partial charge in [-0.1, -0.05) is 0 Å². The monoisotopic (exact) mass is 1690 g/mol. The average molecular weight is 1690 g/mol. The van der Waals surface area contributed by atoms with Gasteiger partial charge in [-0.3, -0.25) is 0 Å². The minimum Gasteiger partial charge on any atom is -0.388 e. The van der Waals surface area contributed by atoms with Crippen molar-refractivity contribution in [3.05, 3.63) is 0 Å². The van der Waals surface area contributed by atoms with Crippen molar-refractivity contribution in [1.29, 1.82) is 0 Å². The van der Waals surface area contributed by atoms with Crippen LogP contribution >= 0.6 is 0 Å². The predicted octanol–water partition coefficient (Wildman–Crippen LogP) is -19.1. The Morgan fingerprint density at radius 3 is 0.696 bits per heavy atom. The fraction of sp³-hybridized carbons (Fsp3) is 1.00. The summed E-state index contributed by atoms with van der Waals surface area (Å²) in [5.41, 5.74) is 0. The second kappa shape index (κ2) is 42.1. The highest BCUT2D eigenvalue weighted by Gasteiger charge is 2.59. The van der Waals surface area contributed by atoms with Gasteiger partial charge in [0.05, 0.1) is 72.2 Å². The fourth-order valence-electron chi connectivity index (χ4n) is 14.6. The molecule has 0 saturated carbocycles. The van der Waals surface area contributed by atoms with E-state index in [1.54, 1.807) is 0 Å². The summed E-state index contributed by atoms with van der Waals surface area (Å²) in [6.45, 7) is -5.57. The SMILES string of the molecule is COCC1OC(OCC2OC(OCC3OC(OCC4OC(OCC5OC(OCC6OC(OCC7O[C@H](C)C(O)C(O)C7O)C(OC7OC(COC)C(O)C(O)C7O)C(O)C6O)C(O)C(O)C5O)C(O)C(OC5OC(COC)C(O)C(O)C5O)C4O)C(O)C(O)C3O)C(O)C(O)C2OC2OC(COC)C(O)C(O)C2O)C(O)C(O)C1O. The molecule has 0 aromatic heterocycles. The van der Waals surface area contributed by atoms with E-state index >= 15 is 0 Å². The standard InChI is InChI=1S/C65H112O50/c1-16-27(66)37(76)32(71)21(103-16)10-102-65-56(115-64-51(90)43(82)31(70)20(110-64)9-96-5)44(83)35(74)24(111-65)13-97-57-47(86)40(79)34(73)23(106-57)12-100-61-53(92)55(114-63-50(89)42(81)30(69)19(109-63)8-95-4)36(75)25(107-61)14-99-58-48(87)39(78)33(72)22(105-58)11-98-60-52(91)45(84)54(113-62-49(88)41(80)29(68)18(108-62)7-94-3)26(112-60)15-101-59-46(85)38(77)28(67)17(104-59)6-93-2/h16-92H,6-15H2,1-5H3/t16-,17?,18?,19?,20?,21?,22?,23?,24?,25?,26?,27?,28?,29?,30?,31?,32?,33?,34?,35?,36?,37?,38?,39?,40?,41?,42?,43?,44?,45?,46?,47?,48?,49?,50?,51?,52?,53?,54?,55?,56?,57?,58?,59?,60?,61?,62?,63?,64?,65?/m1/s1. The van der Waals surface area contributed by atoms with Crippen LogP contribution in [0.5, 0.6) is 0 Å². The number of rotatable bonds is 32. The van der Waals surface area contributed by atoms with Crippen molar-refractivity contribution in [2.75, 3.05) is 94.5 Å². The van der Waals surface area contributed by atoms with E-state index in [0.717, 1.165) is 0 Å². The third-order valence-electron chi connectivity index (χ3n) is 21.6. The van der Waals surface area contributed by atoms with Gasteiger partial charge in [-0.2, -0.15) is 0 Å². The second-order valence-corrected chi connectivity index (χ2v) is 29.6. The summed E-state index contributed by atoms with van der Waals surface area (Å²) in [4.78, 5) is 0. The molecule has 27 N–H and O–H groups in total. The Labute approximate surface area is 653 Å². The van der Waals surface area contributed by atoms with E-state index in [4.69, 9.17) is 109 Å². The number of aliphatic hydroxyl groups is 27. The first-order chi connectivity index (χ1) is 54.5. The quantitative estimate of drug-likeness (QED) is 0.0297. The van der Waals surface area contributed by atoms with Crippen LogP contribution < -0.4 is 0 Å². The smallest absolute Gasteiger partial charge is 0.187 e. The Kier molecular flexibility index (Phi) is 34.9. The van der Waals surface area contributed by atoms with Gasteiger partial charge in [-0.15, -0.1) is 0 Å². The van der Waals surface area contributed by atoms with Gasteiger partial charge >= 0.3 is 0 Å². The van der Waals surface area contributed by atoms with Crippen molar-refractivity contribution < 1.29 is 247 Å². The van der Waals surface area contributed by atoms with Gasteiger partial charge in [0.15, 0.2) is 56.6 Å². The molecule has 0 aliphatic carbocycles. The summed E-state index contributed by atoms with van der Waals surface area (Å²) >= 11 is 0. The van der Waals surface area contributed by atoms with Crippen molar-refractivity contribution in [3.63, 3.8) is 0 Å². The molecule has 10 fully saturated rings. The molecule has 50 heteroatoms. The van der Waals surface area contributed by atoms with E-state index in [0.29, 0.717) is 0 Å². The Morgan fingerprint density at radius 1 is 0.165 bits per heavy atom. The molecule has 0 spiro atoms. The molecule has 672 valence electrons. The summed E-state index contributed by atoms with van der Waals surface area (Å²) in [5, 5.41) is 299. The Bertz CT molecular complexity index is 2850. The summed E-state index contributed by atoms with van der Waals surface area (Å²) < 4.78 is 131. The van der Waals surface area contributed by atoms with Crippen molar-refractivity contribution in [2.24, 2.45) is 0 Å². The number of hydrogen-bond acceptors (Lipinski definition) is 50. The number of methoxy groups -OCH3 is 4. The first-order valence-corrected chi connectivity index (χ1v) is 37.0. The highest BCUT2D eigenvalue weighted by Crippen LogP contribution is 2.38. The van der Waals surface area contributed by atoms with Gasteiger partial charge in [-0.05, 0) is 6.92 Å². The molecule has 0 aromatic carbocycles. The van der Waals surface area contributed by atoms with E-state index in [2.05, 4.69) is 0 Å². The largest absolute Gasteiger partial charge is 0.388 e. The molecule has 10 aliphatic rings. The molecule has 0 aromatic rings. The van der Waals surface area contributed by atoms with Gasteiger partial charge in [0.2, 0.25) is 0 Å². The van der Waals surface area contributed by atoms with E-state index in [1.165, 1.54) is 35.4 Å². The lowest BCUT2D eigenvalue weighted by atomic mass is 9.95. The summed E-state index contributed by atoms with van der Waals surface area (Å²) in [6, 6.07) is 0. The molecular weight excluding hydrogens is 1580 g/mol. The van der Waals surface area contributed by atoms with Crippen molar-refractivity contribution in [2.45, 2.75) is 314 Å². The molecule has 0 amide bonds. The highest BCUT2D eigenvalue weighted by atomic mass is 16.8. The van der Waals surface area contributed by atoms with E-state index in [1.807, 2.05) is 0 Å². The van der Waals surface area contributed by atoms with Crippen LogP contribution in [0.25, 0.3) is 0 Å². The maximum absolute atomic E-state index is 12.0. The molecule has 49 unspecified atom stereocenters. The number of aliphatic hydroxyl groups excluding tert-OH is 27. The molecule has 0 bridgehead atoms. The first-order valence-electron chi connectivity index (χ1n) is 37.0. The van der Waals surface area contributed by atoms with Crippen LogP contribution in [-0.2, 0) is 109 Å². The zero-order chi connectivity index (χ0) is 84.2. The zero-order valence-corrected chi connectivity index (χ0v) is 62.4. The fourth-order valence-corrected chi connectivity index (χ4v) is 14.6. The van der Waals surface area contributed by atoms with Gasteiger partial charge in [0.1, 0.15) is 244 Å². The van der Waals surface area contributed by atoms with E-state index in [9.17, 15) is 138 Å². The van der Waals surface area contributed by atoms with Crippen LogP contribution in [0.2, 0.25) is 0 Å². The third-order valence-corrected chi connectivity index (χ3v) is 21.6. The number of hydrogen-bond donors (Lipinski definition) is 27. The Morgan fingerprint density at radius 2 is 0.365 bits per heavy atom. The van der Waals surface area contributed by atoms with Crippen molar-refractivity contribution in [3.8, 4) is 0 Å². The second-order valence-electron chi connectivity index (χ2n) is 29.6. The topological polar surface area (TPSA) is 759 Å². The summed E-state index contributed by atoms with van der Waals surface area (Å²) in [5.74, 6) is 0. The van der Waals surface area contributed by atoms with Crippen LogP contribution in [0, 0.1) is 0 Å². The summed E-state index contributed by atoms with van der Waals surface area (Å²) in [6.07, 6.45) is -94.8. The number of ether oxygens (including phenoxy) is 23. The molecule has 10 rings (SSSR count). The molecule has 50 nitrogen and oxygen atoms in total. The molecule has 115 heavy (non-hydrogen) atoms. The van der Waals surface area contributed by atoms with Gasteiger partial charge in [-0.25, -0.2) is 0 Å². The van der Waals surface area contributed by atoms with Gasteiger partial charge in [0.25, 0.3) is 0 Å². The van der Waals surface area contributed by atoms with Crippen molar-refractivity contribution >= 4 is 0 Å². The lowest BCUT2D eigenvalue weighted by Crippen LogP contribution is -2.66. The lowest BCUT2D eigenvalue weighted by molar-refractivity contribution is -0.378. The van der Waals surface area contributed by atoms with Crippen molar-refractivity contribution in [1.82, 2.24) is 0 Å². The molecule has 0 radical (unpaired) electrons. The van der Waals surface area contributed by atoms with Crippen LogP contribution in [0.1, 0.15) is 6.92 Å². The lowest BCUT2D eigenvalue weighted by Gasteiger charge is -2.47. The van der Waals surface area contributed by atoms with Crippen LogP contribution in [0.15, 0.2) is 0 Å². The Balaban J connectivity index is 0.825. The molecule has 10 aliphatic heterocycles. The molecule has 10 heterocycles. The van der Waals surface area contributed by atoms with Gasteiger partial charge < -0.3 is 247 Å². The van der Waals surface area contributed by atoms with Crippen LogP contribution in [0.4, 0.5) is 0 Å². The highest BCUT2D eigenvalue weighted by molar-refractivity contribution is 5.01. The minimum absolute atomic E-state index is 0.319. The normalized spacial score (nSPS) is 52.3. The maximum atomic E-state index is 12.0. The van der Waals surface area contributed by atoms with E-state index in [-0.39, 0.29) is 19.8 Å². The maximum Gasteiger partial charge on any atom is 0.187 e. The molecule has 10 saturated heterocycles. The average Bonchev–Trinajstić information content (AvgIpc) is 0.783. The van der Waals surface area contributed by atoms with E-state index < -0.39 is 353 Å². The first kappa shape index (κ1) is 95.2. The van der Waals surface area contributed by atoms with Crippen LogP contribution in [-0.4, -0.2) is 539 Å². The zero-order valence-electron chi connectivity index (χ0n) is 62.4. The summed E-state index contributed by atoms with van der Waals surface area (Å²) in [7, 11) is 4.91. The third kappa shape index (κ3) is 21.3. The Hall–Kier alpha value is -2.00. The minimum atomic E-state index is -2.26.